The van der Waals surface area contributed by atoms with Crippen LogP contribution in [-0.2, 0) is 16.0 Å². The van der Waals surface area contributed by atoms with Gasteiger partial charge in [-0.15, -0.1) is 0 Å². The number of hydrogen-bond donors (Lipinski definition) is 2. The summed E-state index contributed by atoms with van der Waals surface area (Å²) in [6.45, 7) is 2.91. The Balaban J connectivity index is 1.25. The van der Waals surface area contributed by atoms with E-state index in [1.165, 1.54) is 6.20 Å². The molecule has 0 aliphatic carbocycles. The summed E-state index contributed by atoms with van der Waals surface area (Å²) in [5, 5.41) is 10.1. The Morgan fingerprint density at radius 3 is 2.58 bits per heavy atom. The van der Waals surface area contributed by atoms with Crippen LogP contribution in [0.1, 0.15) is 15.9 Å². The van der Waals surface area contributed by atoms with Crippen molar-refractivity contribution in [3.8, 4) is 11.4 Å². The summed E-state index contributed by atoms with van der Waals surface area (Å²) < 4.78 is 12.6. The molecule has 3 heterocycles. The first kappa shape index (κ1) is 25.0. The fraction of sp³-hybridized carbons (Fsp3) is 0.214. The molecule has 0 unspecified atom stereocenters. The molecule has 0 spiro atoms. The lowest BCUT2D eigenvalue weighted by Gasteiger charge is -2.30. The molecule has 38 heavy (non-hydrogen) atoms. The maximum absolute atomic E-state index is 13.0. The molecule has 0 bridgehead atoms. The van der Waals surface area contributed by atoms with Gasteiger partial charge in [-0.2, -0.15) is 5.10 Å². The van der Waals surface area contributed by atoms with Gasteiger partial charge >= 0.3 is 0 Å². The molecule has 1 aliphatic rings. The quantitative estimate of drug-likeness (QED) is 0.372. The van der Waals surface area contributed by atoms with E-state index in [1.807, 2.05) is 42.5 Å². The van der Waals surface area contributed by atoms with E-state index in [9.17, 15) is 9.59 Å². The van der Waals surface area contributed by atoms with E-state index in [0.29, 0.717) is 41.6 Å². The lowest BCUT2D eigenvalue weighted by atomic mass is 10.1. The number of carbonyl (C=O) groups excluding carboxylic acids is 2. The molecule has 10 nitrogen and oxygen atoms in total. The number of benzene rings is 2. The van der Waals surface area contributed by atoms with Crippen LogP contribution in [-0.4, -0.2) is 60.0 Å². The second kappa shape index (κ2) is 11.6. The van der Waals surface area contributed by atoms with Crippen LogP contribution in [0.4, 0.5) is 17.1 Å². The number of nitrogens with zero attached hydrogens (tertiary/aromatic N) is 4. The number of aromatic nitrogens is 3. The van der Waals surface area contributed by atoms with E-state index in [-0.39, 0.29) is 18.2 Å². The van der Waals surface area contributed by atoms with Gasteiger partial charge in [0.25, 0.3) is 5.91 Å². The zero-order valence-electron chi connectivity index (χ0n) is 21.0. The number of ether oxygens (including phenoxy) is 2. The maximum Gasteiger partial charge on any atom is 0.257 e. The van der Waals surface area contributed by atoms with E-state index >= 15 is 0 Å². The molecule has 1 aliphatic heterocycles. The molecular weight excluding hydrogens is 484 g/mol. The topological polar surface area (TPSA) is 111 Å². The fourth-order valence-electron chi connectivity index (χ4n) is 4.22. The minimum atomic E-state index is -0.316. The number of pyridine rings is 1. The molecule has 2 aromatic carbocycles. The number of amides is 2. The molecule has 10 heteroatoms. The van der Waals surface area contributed by atoms with Gasteiger partial charge in [0.05, 0.1) is 68.0 Å². The molecule has 2 aromatic heterocycles. The first-order chi connectivity index (χ1) is 18.6. The van der Waals surface area contributed by atoms with Crippen molar-refractivity contribution in [1.82, 2.24) is 14.8 Å². The lowest BCUT2D eigenvalue weighted by molar-refractivity contribution is -0.115. The molecule has 5 rings (SSSR count). The van der Waals surface area contributed by atoms with Gasteiger partial charge in [-0.25, -0.2) is 4.68 Å². The molecule has 0 saturated carbocycles. The van der Waals surface area contributed by atoms with Crippen LogP contribution in [0.3, 0.4) is 0 Å². The van der Waals surface area contributed by atoms with Gasteiger partial charge < -0.3 is 25.0 Å². The van der Waals surface area contributed by atoms with Crippen molar-refractivity contribution in [2.75, 3.05) is 48.9 Å². The molecule has 0 radical (unpaired) electrons. The van der Waals surface area contributed by atoms with E-state index in [1.54, 1.807) is 42.5 Å². The zero-order valence-corrected chi connectivity index (χ0v) is 21.0. The number of morpholine rings is 1. The van der Waals surface area contributed by atoms with Crippen molar-refractivity contribution in [3.05, 3.63) is 90.5 Å². The first-order valence-electron chi connectivity index (χ1n) is 12.2. The largest absolute Gasteiger partial charge is 0.495 e. The third kappa shape index (κ3) is 5.98. The van der Waals surface area contributed by atoms with Gasteiger partial charge in [0.1, 0.15) is 5.75 Å². The van der Waals surface area contributed by atoms with Crippen LogP contribution in [0, 0.1) is 0 Å². The monoisotopic (exact) mass is 512 g/mol. The smallest absolute Gasteiger partial charge is 0.257 e. The third-order valence-electron chi connectivity index (χ3n) is 6.11. The second-order valence-corrected chi connectivity index (χ2v) is 8.76. The van der Waals surface area contributed by atoms with Crippen molar-refractivity contribution in [2.45, 2.75) is 6.42 Å². The predicted octanol–water partition coefficient (Wildman–Crippen LogP) is 3.55. The molecule has 1 saturated heterocycles. The Bertz CT molecular complexity index is 1420. The van der Waals surface area contributed by atoms with Crippen LogP contribution in [0.2, 0.25) is 0 Å². The number of carbonyl (C=O) groups is 2. The van der Waals surface area contributed by atoms with E-state index in [4.69, 9.17) is 9.47 Å². The molecule has 194 valence electrons. The van der Waals surface area contributed by atoms with Gasteiger partial charge in [-0.1, -0.05) is 30.3 Å². The van der Waals surface area contributed by atoms with Crippen LogP contribution in [0.25, 0.3) is 5.69 Å². The number of nitrogens with one attached hydrogen (secondary N) is 2. The Morgan fingerprint density at radius 2 is 1.79 bits per heavy atom. The summed E-state index contributed by atoms with van der Waals surface area (Å²) in [6, 6.07) is 16.8. The van der Waals surface area contributed by atoms with Gasteiger partial charge in [0.15, 0.2) is 0 Å². The van der Waals surface area contributed by atoms with E-state index < -0.39 is 0 Å². The first-order valence-corrected chi connectivity index (χ1v) is 12.2. The van der Waals surface area contributed by atoms with Crippen LogP contribution < -0.4 is 20.3 Å². The van der Waals surface area contributed by atoms with Crippen LogP contribution in [0.5, 0.6) is 5.75 Å². The molecule has 1 fully saturated rings. The van der Waals surface area contributed by atoms with E-state index in [0.717, 1.165) is 24.3 Å². The van der Waals surface area contributed by atoms with Crippen molar-refractivity contribution >= 4 is 28.9 Å². The summed E-state index contributed by atoms with van der Waals surface area (Å²) in [5.41, 5.74) is 3.99. The summed E-state index contributed by atoms with van der Waals surface area (Å²) in [6.07, 6.45) is 6.58. The summed E-state index contributed by atoms with van der Waals surface area (Å²) in [4.78, 5) is 31.8. The molecule has 2 amide bonds. The minimum absolute atomic E-state index is 0.142. The normalized spacial score (nSPS) is 13.1. The number of methoxy groups -OCH3 is 1. The van der Waals surface area contributed by atoms with Crippen molar-refractivity contribution < 1.29 is 19.1 Å². The highest BCUT2D eigenvalue weighted by molar-refractivity contribution is 6.04. The molecule has 2 N–H and O–H groups in total. The van der Waals surface area contributed by atoms with Gasteiger partial charge in [-0.3, -0.25) is 14.6 Å². The Morgan fingerprint density at radius 1 is 0.974 bits per heavy atom. The Hall–Kier alpha value is -4.70. The van der Waals surface area contributed by atoms with Gasteiger partial charge in [0, 0.05) is 31.0 Å². The summed E-state index contributed by atoms with van der Waals surface area (Å²) in [7, 11) is 1.61. The second-order valence-electron chi connectivity index (χ2n) is 8.76. The minimum Gasteiger partial charge on any atom is -0.495 e. The van der Waals surface area contributed by atoms with Crippen LogP contribution >= 0.6 is 0 Å². The van der Waals surface area contributed by atoms with Crippen molar-refractivity contribution in [3.63, 3.8) is 0 Å². The predicted molar refractivity (Wildman–Crippen MR) is 144 cm³/mol. The van der Waals surface area contributed by atoms with Gasteiger partial charge in [-0.05, 0) is 23.8 Å². The summed E-state index contributed by atoms with van der Waals surface area (Å²) >= 11 is 0. The Kier molecular flexibility index (Phi) is 7.60. The number of rotatable bonds is 8. The van der Waals surface area contributed by atoms with Crippen molar-refractivity contribution in [2.24, 2.45) is 0 Å². The number of hydrogen-bond acceptors (Lipinski definition) is 7. The fourth-order valence-corrected chi connectivity index (χ4v) is 4.22. The van der Waals surface area contributed by atoms with Crippen molar-refractivity contribution in [1.29, 1.82) is 0 Å². The average Bonchev–Trinajstić information content (AvgIpc) is 3.42. The third-order valence-corrected chi connectivity index (χ3v) is 6.11. The van der Waals surface area contributed by atoms with E-state index in [2.05, 4.69) is 25.6 Å². The Labute approximate surface area is 220 Å². The number of anilines is 3. The zero-order chi connectivity index (χ0) is 26.3. The highest BCUT2D eigenvalue weighted by Crippen LogP contribution is 2.32. The summed E-state index contributed by atoms with van der Waals surface area (Å²) in [5.74, 6) is 0.219. The van der Waals surface area contributed by atoms with Crippen LogP contribution in [0.15, 0.2) is 79.4 Å². The highest BCUT2D eigenvalue weighted by Gasteiger charge is 2.17. The highest BCUT2D eigenvalue weighted by atomic mass is 16.5. The lowest BCUT2D eigenvalue weighted by Crippen LogP contribution is -2.36. The van der Waals surface area contributed by atoms with Gasteiger partial charge in [0.2, 0.25) is 5.91 Å². The molecule has 4 aromatic rings. The standard InChI is InChI=1S/C28H28N6O4/c1-37-26-15-22(7-8-25(26)33-9-11-38-12-10-33)32-28(36)21-14-24(18-29-16-21)34-19-23(17-30-34)31-27(35)13-20-5-3-2-4-6-20/h2-8,14-19H,9-13H2,1H3,(H,31,35)(H,32,36). The average molecular weight is 513 g/mol. The molecule has 0 atom stereocenters. The molecular formula is C28H28N6O4. The maximum atomic E-state index is 13.0. The SMILES string of the molecule is COc1cc(NC(=O)c2cncc(-n3cc(NC(=O)Cc4ccccc4)cn3)c2)ccc1N1CCOCC1.